The van der Waals surface area contributed by atoms with Gasteiger partial charge in [0.25, 0.3) is 5.56 Å². The van der Waals surface area contributed by atoms with Crippen molar-refractivity contribution in [1.82, 2.24) is 9.78 Å². The largest absolute Gasteiger partial charge is 0.368 e. The smallest absolute Gasteiger partial charge is 0.282 e. The van der Waals surface area contributed by atoms with E-state index < -0.39 is 0 Å². The van der Waals surface area contributed by atoms with Gasteiger partial charge in [-0.3, -0.25) is 4.79 Å². The normalized spacial score (nSPS) is 10.5. The van der Waals surface area contributed by atoms with Crippen LogP contribution < -0.4 is 10.5 Å². The zero-order valence-electron chi connectivity index (χ0n) is 10.6. The van der Waals surface area contributed by atoms with Gasteiger partial charge in [-0.05, 0) is 22.0 Å². The van der Waals surface area contributed by atoms with E-state index in [0.717, 1.165) is 0 Å². The second kappa shape index (κ2) is 5.52. The van der Waals surface area contributed by atoms with E-state index in [0.29, 0.717) is 22.3 Å². The predicted molar refractivity (Wildman–Crippen MR) is 75.7 cm³/mol. The first-order valence-electron chi connectivity index (χ1n) is 5.67. The monoisotopic (exact) mass is 325 g/mol. The van der Waals surface area contributed by atoms with E-state index in [1.165, 1.54) is 10.7 Å². The molecule has 0 saturated heterocycles. The average Bonchev–Trinajstić information content (AvgIpc) is 2.39. The maximum Gasteiger partial charge on any atom is 0.282 e. The van der Waals surface area contributed by atoms with Crippen LogP contribution in [0.25, 0.3) is 0 Å². The molecule has 100 valence electrons. The molecule has 0 aliphatic rings. The molecule has 0 amide bonds. The molecule has 2 aromatic rings. The predicted octanol–water partition coefficient (Wildman–Crippen LogP) is 2.32. The van der Waals surface area contributed by atoms with Gasteiger partial charge in [-0.15, -0.1) is 0 Å². The van der Waals surface area contributed by atoms with Crippen LogP contribution in [0.15, 0.2) is 39.7 Å². The molecule has 0 radical (unpaired) electrons. The van der Waals surface area contributed by atoms with E-state index in [2.05, 4.69) is 21.0 Å². The Morgan fingerprint density at radius 3 is 2.79 bits per heavy atom. The summed E-state index contributed by atoms with van der Waals surface area (Å²) in [6, 6.07) is 6.56. The van der Waals surface area contributed by atoms with Gasteiger partial charge in [0, 0.05) is 26.2 Å². The first-order valence-corrected chi connectivity index (χ1v) is 6.46. The van der Waals surface area contributed by atoms with Crippen molar-refractivity contribution in [2.24, 2.45) is 7.05 Å². The molecular weight excluding hydrogens is 313 g/mol. The van der Waals surface area contributed by atoms with E-state index in [9.17, 15) is 9.18 Å². The number of hydrogen-bond donors (Lipinski definition) is 0. The Kier molecular flexibility index (Phi) is 3.99. The van der Waals surface area contributed by atoms with Crippen molar-refractivity contribution in [3.8, 4) is 0 Å². The summed E-state index contributed by atoms with van der Waals surface area (Å²) in [5.74, 6) is -0.262. The van der Waals surface area contributed by atoms with Crippen molar-refractivity contribution in [1.29, 1.82) is 0 Å². The minimum atomic E-state index is -0.262. The SMILES string of the molecule is CN(Cc1ccccc1F)c1cnn(C)c(=O)c1Br. The molecule has 6 heteroatoms. The fraction of sp³-hybridized carbons (Fsp3) is 0.231. The van der Waals surface area contributed by atoms with Gasteiger partial charge in [0.2, 0.25) is 0 Å². The number of aromatic nitrogens is 2. The van der Waals surface area contributed by atoms with Crippen molar-refractivity contribution >= 4 is 21.6 Å². The van der Waals surface area contributed by atoms with Gasteiger partial charge in [-0.2, -0.15) is 5.10 Å². The first kappa shape index (κ1) is 13.7. The van der Waals surface area contributed by atoms with Gasteiger partial charge in [-0.1, -0.05) is 18.2 Å². The Bertz CT molecular complexity index is 657. The van der Waals surface area contributed by atoms with Crippen LogP contribution in [0, 0.1) is 5.82 Å². The molecule has 0 fully saturated rings. The van der Waals surface area contributed by atoms with Crippen LogP contribution in [-0.4, -0.2) is 16.8 Å². The van der Waals surface area contributed by atoms with Crippen molar-refractivity contribution < 1.29 is 4.39 Å². The molecule has 0 atom stereocenters. The third-order valence-electron chi connectivity index (χ3n) is 2.84. The summed E-state index contributed by atoms with van der Waals surface area (Å²) in [6.45, 7) is 0.361. The number of benzene rings is 1. The maximum absolute atomic E-state index is 13.6. The van der Waals surface area contributed by atoms with Gasteiger partial charge < -0.3 is 4.90 Å². The molecular formula is C13H13BrFN3O. The van der Waals surface area contributed by atoms with E-state index in [1.54, 1.807) is 43.4 Å². The molecule has 0 aliphatic carbocycles. The summed E-state index contributed by atoms with van der Waals surface area (Å²) in [5.41, 5.74) is 0.974. The molecule has 0 spiro atoms. The van der Waals surface area contributed by atoms with E-state index in [-0.39, 0.29) is 11.4 Å². The Morgan fingerprint density at radius 1 is 1.42 bits per heavy atom. The van der Waals surface area contributed by atoms with Crippen LogP contribution in [0.5, 0.6) is 0 Å². The fourth-order valence-electron chi connectivity index (χ4n) is 1.74. The lowest BCUT2D eigenvalue weighted by Crippen LogP contribution is -2.25. The van der Waals surface area contributed by atoms with Gasteiger partial charge in [0.05, 0.1) is 11.9 Å². The first-order chi connectivity index (χ1) is 9.00. The van der Waals surface area contributed by atoms with Gasteiger partial charge >= 0.3 is 0 Å². The third-order valence-corrected chi connectivity index (χ3v) is 3.58. The van der Waals surface area contributed by atoms with E-state index in [1.807, 2.05) is 0 Å². The lowest BCUT2D eigenvalue weighted by molar-refractivity contribution is 0.607. The van der Waals surface area contributed by atoms with Crippen molar-refractivity contribution in [3.63, 3.8) is 0 Å². The summed E-state index contributed by atoms with van der Waals surface area (Å²) < 4.78 is 15.3. The Morgan fingerprint density at radius 2 is 2.11 bits per heavy atom. The average molecular weight is 326 g/mol. The van der Waals surface area contributed by atoms with Crippen molar-refractivity contribution in [2.75, 3.05) is 11.9 Å². The van der Waals surface area contributed by atoms with Crippen LogP contribution in [0.4, 0.5) is 10.1 Å². The second-order valence-electron chi connectivity index (χ2n) is 4.22. The second-order valence-corrected chi connectivity index (χ2v) is 5.01. The third kappa shape index (κ3) is 2.84. The van der Waals surface area contributed by atoms with Crippen molar-refractivity contribution in [3.05, 3.63) is 56.7 Å². The number of halogens is 2. The molecule has 4 nitrogen and oxygen atoms in total. The summed E-state index contributed by atoms with van der Waals surface area (Å²) in [7, 11) is 3.36. The Balaban J connectivity index is 2.31. The molecule has 1 aromatic carbocycles. The molecule has 0 saturated carbocycles. The lowest BCUT2D eigenvalue weighted by atomic mass is 10.2. The molecule has 1 heterocycles. The minimum Gasteiger partial charge on any atom is -0.368 e. The van der Waals surface area contributed by atoms with Crippen LogP contribution in [-0.2, 0) is 13.6 Å². The molecule has 2 rings (SSSR count). The Hall–Kier alpha value is -1.69. The number of aryl methyl sites for hydroxylation is 1. The summed E-state index contributed by atoms with van der Waals surface area (Å²) in [4.78, 5) is 13.5. The minimum absolute atomic E-state index is 0.224. The molecule has 19 heavy (non-hydrogen) atoms. The van der Waals surface area contributed by atoms with Crippen LogP contribution in [0.3, 0.4) is 0 Å². The highest BCUT2D eigenvalue weighted by Gasteiger charge is 2.12. The maximum atomic E-state index is 13.6. The molecule has 1 aromatic heterocycles. The van der Waals surface area contributed by atoms with E-state index in [4.69, 9.17) is 0 Å². The molecule has 0 aliphatic heterocycles. The topological polar surface area (TPSA) is 38.1 Å². The van der Waals surface area contributed by atoms with Gasteiger partial charge in [0.1, 0.15) is 10.3 Å². The summed E-state index contributed by atoms with van der Waals surface area (Å²) in [6.07, 6.45) is 1.58. The zero-order chi connectivity index (χ0) is 14.0. The standard InChI is InChI=1S/C13H13BrFN3O/c1-17(8-9-5-3-4-6-10(9)15)11-7-16-18(2)13(19)12(11)14/h3-7H,8H2,1-2H3. The summed E-state index contributed by atoms with van der Waals surface area (Å²) in [5, 5.41) is 3.96. The zero-order valence-corrected chi connectivity index (χ0v) is 12.2. The highest BCUT2D eigenvalue weighted by atomic mass is 79.9. The van der Waals surface area contributed by atoms with Crippen LogP contribution >= 0.6 is 15.9 Å². The highest BCUT2D eigenvalue weighted by Crippen LogP contribution is 2.22. The number of anilines is 1. The molecule has 0 bridgehead atoms. The van der Waals surface area contributed by atoms with E-state index >= 15 is 0 Å². The number of rotatable bonds is 3. The number of nitrogens with zero attached hydrogens (tertiary/aromatic N) is 3. The van der Waals surface area contributed by atoms with Crippen LogP contribution in [0.1, 0.15) is 5.56 Å². The van der Waals surface area contributed by atoms with Gasteiger partial charge in [0.15, 0.2) is 0 Å². The van der Waals surface area contributed by atoms with Crippen molar-refractivity contribution in [2.45, 2.75) is 6.54 Å². The Labute approximate surface area is 118 Å². The lowest BCUT2D eigenvalue weighted by Gasteiger charge is -2.20. The van der Waals surface area contributed by atoms with Gasteiger partial charge in [-0.25, -0.2) is 9.07 Å². The molecule has 0 unspecified atom stereocenters. The molecule has 0 N–H and O–H groups in total. The number of hydrogen-bond acceptors (Lipinski definition) is 3. The highest BCUT2D eigenvalue weighted by molar-refractivity contribution is 9.10. The quantitative estimate of drug-likeness (QED) is 0.869. The summed E-state index contributed by atoms with van der Waals surface area (Å²) >= 11 is 3.25. The fourth-order valence-corrected chi connectivity index (χ4v) is 2.40. The van der Waals surface area contributed by atoms with Crippen LogP contribution in [0.2, 0.25) is 0 Å².